The first kappa shape index (κ1) is 16.7. The maximum atomic E-state index is 12.5. The molecule has 140 valence electrons. The van der Waals surface area contributed by atoms with Crippen LogP contribution in [0.4, 0.5) is 5.69 Å². The number of hydrogen-bond donors (Lipinski definition) is 2. The van der Waals surface area contributed by atoms with E-state index in [4.69, 9.17) is 0 Å². The zero-order valence-electron chi connectivity index (χ0n) is 15.4. The number of H-pyrrole nitrogens is 1. The van der Waals surface area contributed by atoms with Gasteiger partial charge in [0.1, 0.15) is 6.54 Å². The smallest absolute Gasteiger partial charge is 0.251 e. The van der Waals surface area contributed by atoms with Crippen molar-refractivity contribution in [1.82, 2.24) is 14.5 Å². The summed E-state index contributed by atoms with van der Waals surface area (Å²) in [7, 11) is 0. The van der Waals surface area contributed by atoms with Crippen LogP contribution >= 0.6 is 0 Å². The van der Waals surface area contributed by atoms with Crippen molar-refractivity contribution in [3.63, 3.8) is 0 Å². The minimum absolute atomic E-state index is 0.00411. The van der Waals surface area contributed by atoms with Gasteiger partial charge in [-0.15, -0.1) is 0 Å². The number of imidazole rings is 1. The molecule has 6 heteroatoms. The Kier molecular flexibility index (Phi) is 3.97. The molecule has 2 heterocycles. The van der Waals surface area contributed by atoms with Crippen molar-refractivity contribution in [1.29, 1.82) is 0 Å². The van der Waals surface area contributed by atoms with Crippen LogP contribution in [0.1, 0.15) is 24.0 Å². The highest BCUT2D eigenvalue weighted by Crippen LogP contribution is 2.27. The van der Waals surface area contributed by atoms with Gasteiger partial charge in [-0.05, 0) is 55.5 Å². The number of carbonyl (C=O) groups excluding carboxylic acids is 1. The molecule has 1 aliphatic rings. The molecule has 2 aromatic heterocycles. The third-order valence-corrected chi connectivity index (χ3v) is 5.46. The maximum absolute atomic E-state index is 12.5. The Balaban J connectivity index is 1.42. The van der Waals surface area contributed by atoms with Crippen molar-refractivity contribution >= 4 is 33.5 Å². The second-order valence-corrected chi connectivity index (χ2v) is 7.29. The molecule has 6 nitrogen and oxygen atoms in total. The number of amides is 1. The highest BCUT2D eigenvalue weighted by atomic mass is 16.2. The number of benzene rings is 2. The van der Waals surface area contributed by atoms with E-state index in [9.17, 15) is 9.59 Å². The van der Waals surface area contributed by atoms with Crippen LogP contribution in [0.25, 0.3) is 21.9 Å². The maximum Gasteiger partial charge on any atom is 0.251 e. The fraction of sp³-hybridized carbons (Fsp3) is 0.227. The van der Waals surface area contributed by atoms with Gasteiger partial charge in [-0.3, -0.25) is 9.59 Å². The van der Waals surface area contributed by atoms with E-state index in [-0.39, 0.29) is 18.0 Å². The summed E-state index contributed by atoms with van der Waals surface area (Å²) in [6.45, 7) is 0.180. The van der Waals surface area contributed by atoms with Crippen molar-refractivity contribution in [2.75, 3.05) is 5.32 Å². The first-order valence-corrected chi connectivity index (χ1v) is 9.56. The first-order valence-electron chi connectivity index (χ1n) is 9.56. The molecule has 2 aromatic carbocycles. The van der Waals surface area contributed by atoms with Gasteiger partial charge in [0.15, 0.2) is 0 Å². The number of nitrogens with zero attached hydrogens (tertiary/aromatic N) is 2. The van der Waals surface area contributed by atoms with Gasteiger partial charge in [0.25, 0.3) is 5.56 Å². The van der Waals surface area contributed by atoms with Gasteiger partial charge in [-0.25, -0.2) is 4.98 Å². The summed E-state index contributed by atoms with van der Waals surface area (Å²) in [4.78, 5) is 32.2. The summed E-state index contributed by atoms with van der Waals surface area (Å²) in [6.07, 6.45) is 5.64. The average molecular weight is 372 g/mol. The Morgan fingerprint density at radius 3 is 2.82 bits per heavy atom. The first-order chi connectivity index (χ1) is 13.7. The van der Waals surface area contributed by atoms with Crippen LogP contribution in [0.2, 0.25) is 0 Å². The Morgan fingerprint density at radius 1 is 1.11 bits per heavy atom. The Labute approximate surface area is 161 Å². The molecule has 0 saturated carbocycles. The van der Waals surface area contributed by atoms with Gasteiger partial charge in [0, 0.05) is 16.6 Å². The quantitative estimate of drug-likeness (QED) is 0.578. The van der Waals surface area contributed by atoms with Crippen molar-refractivity contribution in [2.45, 2.75) is 32.2 Å². The van der Waals surface area contributed by atoms with Crippen LogP contribution in [0.3, 0.4) is 0 Å². The summed E-state index contributed by atoms with van der Waals surface area (Å²) in [5.41, 5.74) is 5.31. The number of aryl methyl sites for hydroxylation is 1. The highest BCUT2D eigenvalue weighted by Gasteiger charge is 2.16. The molecule has 4 aromatic rings. The predicted molar refractivity (Wildman–Crippen MR) is 110 cm³/mol. The lowest BCUT2D eigenvalue weighted by atomic mass is 9.90. The van der Waals surface area contributed by atoms with Gasteiger partial charge >= 0.3 is 0 Å². The number of nitrogens with one attached hydrogen (secondary N) is 2. The lowest BCUT2D eigenvalue weighted by Crippen LogP contribution is -2.20. The van der Waals surface area contributed by atoms with E-state index in [1.165, 1.54) is 0 Å². The Hall–Kier alpha value is -3.41. The molecule has 0 atom stereocenters. The molecule has 0 saturated heterocycles. The van der Waals surface area contributed by atoms with Crippen LogP contribution in [0.5, 0.6) is 0 Å². The van der Waals surface area contributed by atoms with Crippen molar-refractivity contribution in [3.05, 3.63) is 70.3 Å². The molecular weight excluding hydrogens is 352 g/mol. The van der Waals surface area contributed by atoms with Crippen LogP contribution in [-0.4, -0.2) is 20.4 Å². The zero-order valence-corrected chi connectivity index (χ0v) is 15.4. The standard InChI is InChI=1S/C22H20N4O2/c27-21(12-26-13-23-18-7-3-4-8-20(18)26)24-14-9-10-16-15-5-1-2-6-17(15)22(28)25-19(16)11-14/h3-4,7-11,13H,1-2,5-6,12H2,(H,24,27)(H,25,28). The molecule has 0 fully saturated rings. The normalized spacial score (nSPS) is 13.6. The summed E-state index contributed by atoms with van der Waals surface area (Å²) in [5, 5.41) is 4.00. The van der Waals surface area contributed by atoms with Gasteiger partial charge in [0.05, 0.1) is 22.9 Å². The van der Waals surface area contributed by atoms with Crippen molar-refractivity contribution in [2.24, 2.45) is 0 Å². The lowest BCUT2D eigenvalue weighted by molar-refractivity contribution is -0.116. The second kappa shape index (κ2) is 6.64. The molecule has 1 aliphatic carbocycles. The van der Waals surface area contributed by atoms with Gasteiger partial charge in [-0.2, -0.15) is 0 Å². The van der Waals surface area contributed by atoms with E-state index in [0.717, 1.165) is 58.7 Å². The van der Waals surface area contributed by atoms with Gasteiger partial charge in [-0.1, -0.05) is 18.2 Å². The van der Waals surface area contributed by atoms with Crippen LogP contribution in [0, 0.1) is 0 Å². The topological polar surface area (TPSA) is 79.8 Å². The van der Waals surface area contributed by atoms with E-state index in [2.05, 4.69) is 15.3 Å². The molecule has 0 unspecified atom stereocenters. The molecule has 2 N–H and O–H groups in total. The third-order valence-electron chi connectivity index (χ3n) is 5.46. The number of carbonyl (C=O) groups is 1. The van der Waals surface area contributed by atoms with Crippen LogP contribution in [-0.2, 0) is 24.2 Å². The molecule has 0 radical (unpaired) electrons. The molecular formula is C22H20N4O2. The Bertz CT molecular complexity index is 1270. The van der Waals surface area contributed by atoms with E-state index in [1.807, 2.05) is 47.0 Å². The highest BCUT2D eigenvalue weighted by molar-refractivity contribution is 5.94. The molecule has 0 bridgehead atoms. The van der Waals surface area contributed by atoms with Crippen molar-refractivity contribution < 1.29 is 4.79 Å². The van der Waals surface area contributed by atoms with E-state index in [0.29, 0.717) is 5.69 Å². The third kappa shape index (κ3) is 2.87. The monoisotopic (exact) mass is 372 g/mol. The fourth-order valence-corrected chi connectivity index (χ4v) is 4.13. The van der Waals surface area contributed by atoms with Gasteiger partial charge in [0.2, 0.25) is 5.91 Å². The molecule has 0 aliphatic heterocycles. The lowest BCUT2D eigenvalue weighted by Gasteiger charge is -2.17. The number of aromatic nitrogens is 3. The summed E-state index contributed by atoms with van der Waals surface area (Å²) < 4.78 is 1.82. The molecule has 1 amide bonds. The largest absolute Gasteiger partial charge is 0.324 e. The predicted octanol–water partition coefficient (Wildman–Crippen LogP) is 3.40. The molecule has 28 heavy (non-hydrogen) atoms. The summed E-state index contributed by atoms with van der Waals surface area (Å²) >= 11 is 0. The minimum atomic E-state index is -0.136. The molecule has 5 rings (SSSR count). The number of hydrogen-bond acceptors (Lipinski definition) is 3. The second-order valence-electron chi connectivity index (χ2n) is 7.29. The minimum Gasteiger partial charge on any atom is -0.324 e. The number of rotatable bonds is 3. The Morgan fingerprint density at radius 2 is 1.93 bits per heavy atom. The average Bonchev–Trinajstić information content (AvgIpc) is 3.11. The number of pyridine rings is 1. The van der Waals surface area contributed by atoms with E-state index >= 15 is 0 Å². The number of para-hydroxylation sites is 2. The molecule has 0 spiro atoms. The van der Waals surface area contributed by atoms with E-state index < -0.39 is 0 Å². The van der Waals surface area contributed by atoms with Crippen LogP contribution in [0.15, 0.2) is 53.6 Å². The summed E-state index contributed by atoms with van der Waals surface area (Å²) in [5.74, 6) is -0.136. The number of fused-ring (bicyclic) bond motifs is 4. The van der Waals surface area contributed by atoms with Crippen LogP contribution < -0.4 is 10.9 Å². The van der Waals surface area contributed by atoms with Crippen molar-refractivity contribution in [3.8, 4) is 0 Å². The SMILES string of the molecule is O=C(Cn1cnc2ccccc21)Nc1ccc2c3c(c(=O)[nH]c2c1)CCCC3. The summed E-state index contributed by atoms with van der Waals surface area (Å²) in [6, 6.07) is 13.5. The van der Waals surface area contributed by atoms with E-state index in [1.54, 1.807) is 6.33 Å². The zero-order chi connectivity index (χ0) is 19.1. The number of anilines is 1. The fourth-order valence-electron chi connectivity index (χ4n) is 4.13. The number of aromatic amines is 1. The van der Waals surface area contributed by atoms with Gasteiger partial charge < -0.3 is 14.9 Å².